The fourth-order valence-electron chi connectivity index (χ4n) is 5.06. The molecule has 1 fully saturated rings. The monoisotopic (exact) mass is 449 g/mol. The number of imide groups is 1. The van der Waals surface area contributed by atoms with E-state index in [1.54, 1.807) is 30.3 Å². The highest BCUT2D eigenvalue weighted by Gasteiger charge is 2.34. The molecule has 1 aromatic heterocycles. The van der Waals surface area contributed by atoms with Crippen molar-refractivity contribution < 1.29 is 18.5 Å². The lowest BCUT2D eigenvalue weighted by atomic mass is 9.91. The highest BCUT2D eigenvalue weighted by molar-refractivity contribution is 6.21. The molecule has 0 aliphatic carbocycles. The number of aromatic nitrogens is 1. The number of halogens is 1. The Bertz CT molecular complexity index is 1130. The molecule has 6 nitrogen and oxygen atoms in total. The lowest BCUT2D eigenvalue weighted by molar-refractivity contribution is 0.0651. The first-order valence-corrected chi connectivity index (χ1v) is 11.8. The highest BCUT2D eigenvalue weighted by Crippen LogP contribution is 2.33. The molecule has 0 radical (unpaired) electrons. The Morgan fingerprint density at radius 3 is 2.27 bits per heavy atom. The molecular formula is C26H28FN3O3. The van der Waals surface area contributed by atoms with Gasteiger partial charge >= 0.3 is 0 Å². The van der Waals surface area contributed by atoms with Gasteiger partial charge in [0, 0.05) is 23.9 Å². The fourth-order valence-corrected chi connectivity index (χ4v) is 5.06. The van der Waals surface area contributed by atoms with Gasteiger partial charge in [-0.05, 0) is 69.6 Å². The minimum atomic E-state index is -0.302. The molecule has 0 saturated carbocycles. The van der Waals surface area contributed by atoms with Gasteiger partial charge in [-0.1, -0.05) is 30.1 Å². The first kappa shape index (κ1) is 21.8. The van der Waals surface area contributed by atoms with Crippen LogP contribution in [0, 0.1) is 5.82 Å². The van der Waals surface area contributed by atoms with Crippen LogP contribution in [0.3, 0.4) is 0 Å². The first-order valence-electron chi connectivity index (χ1n) is 11.8. The lowest BCUT2D eigenvalue weighted by Crippen LogP contribution is -2.33. The SMILES string of the molecule is O=C1c2ccccc2C(=O)N1CCCCCCN1CCC(c2noc3cc(F)ccc23)CC1. The van der Waals surface area contributed by atoms with E-state index >= 15 is 0 Å². The van der Waals surface area contributed by atoms with Crippen LogP contribution in [0.4, 0.5) is 4.39 Å². The number of amides is 2. The largest absolute Gasteiger partial charge is 0.356 e. The van der Waals surface area contributed by atoms with E-state index in [0.717, 1.165) is 69.2 Å². The molecule has 2 amide bonds. The number of hydrogen-bond acceptors (Lipinski definition) is 5. The molecule has 0 atom stereocenters. The molecule has 172 valence electrons. The normalized spacial score (nSPS) is 17.3. The van der Waals surface area contributed by atoms with Crippen LogP contribution in [0.5, 0.6) is 0 Å². The van der Waals surface area contributed by atoms with Crippen molar-refractivity contribution in [3.05, 3.63) is 65.1 Å². The molecule has 0 spiro atoms. The maximum absolute atomic E-state index is 13.4. The minimum Gasteiger partial charge on any atom is -0.356 e. The second kappa shape index (κ2) is 9.43. The van der Waals surface area contributed by atoms with Gasteiger partial charge in [0.05, 0.1) is 16.8 Å². The van der Waals surface area contributed by atoms with E-state index < -0.39 is 0 Å². The van der Waals surface area contributed by atoms with Gasteiger partial charge in [-0.3, -0.25) is 14.5 Å². The van der Waals surface area contributed by atoms with E-state index in [1.807, 2.05) is 0 Å². The molecular weight excluding hydrogens is 421 g/mol. The summed E-state index contributed by atoms with van der Waals surface area (Å²) in [5.74, 6) is -0.275. The van der Waals surface area contributed by atoms with Crippen LogP contribution < -0.4 is 0 Å². The summed E-state index contributed by atoms with van der Waals surface area (Å²) >= 11 is 0. The third-order valence-electron chi connectivity index (χ3n) is 6.92. The van der Waals surface area contributed by atoms with Crippen molar-refractivity contribution in [2.45, 2.75) is 44.4 Å². The molecule has 5 rings (SSSR count). The molecule has 3 heterocycles. The zero-order chi connectivity index (χ0) is 22.8. The summed E-state index contributed by atoms with van der Waals surface area (Å²) in [6.07, 6.45) is 6.10. The van der Waals surface area contributed by atoms with Crippen LogP contribution in [-0.4, -0.2) is 52.9 Å². The second-order valence-corrected chi connectivity index (χ2v) is 9.05. The molecule has 1 saturated heterocycles. The number of hydrogen-bond donors (Lipinski definition) is 0. The van der Waals surface area contributed by atoms with Crippen LogP contribution >= 0.6 is 0 Å². The van der Waals surface area contributed by atoms with E-state index in [4.69, 9.17) is 4.52 Å². The van der Waals surface area contributed by atoms with Crippen molar-refractivity contribution in [1.82, 2.24) is 15.0 Å². The fraction of sp³-hybridized carbons (Fsp3) is 0.423. The van der Waals surface area contributed by atoms with Crippen molar-refractivity contribution in [3.63, 3.8) is 0 Å². The summed E-state index contributed by atoms with van der Waals surface area (Å²) in [6.45, 7) is 3.60. The molecule has 0 unspecified atom stereocenters. The van der Waals surface area contributed by atoms with Gasteiger partial charge in [-0.25, -0.2) is 4.39 Å². The number of rotatable bonds is 8. The Hall–Kier alpha value is -3.06. The number of unbranched alkanes of at least 4 members (excludes halogenated alkanes) is 3. The predicted octanol–water partition coefficient (Wildman–Crippen LogP) is 5.00. The average molecular weight is 450 g/mol. The lowest BCUT2D eigenvalue weighted by Gasteiger charge is -2.31. The second-order valence-electron chi connectivity index (χ2n) is 9.05. The van der Waals surface area contributed by atoms with E-state index in [-0.39, 0.29) is 17.6 Å². The maximum atomic E-state index is 13.4. The summed E-state index contributed by atoms with van der Waals surface area (Å²) < 4.78 is 18.7. The Balaban J connectivity index is 1.01. The molecule has 2 aliphatic rings. The number of fused-ring (bicyclic) bond motifs is 2. The zero-order valence-electron chi connectivity index (χ0n) is 18.6. The molecule has 3 aromatic rings. The number of likely N-dealkylation sites (tertiary alicyclic amines) is 1. The van der Waals surface area contributed by atoms with Gasteiger partial charge in [-0.15, -0.1) is 0 Å². The molecule has 0 N–H and O–H groups in total. The summed E-state index contributed by atoms with van der Waals surface area (Å²) in [5, 5.41) is 5.15. The van der Waals surface area contributed by atoms with Gasteiger partial charge in [0.15, 0.2) is 5.58 Å². The third kappa shape index (κ3) is 4.42. The smallest absolute Gasteiger partial charge is 0.261 e. The van der Waals surface area contributed by atoms with Crippen LogP contribution in [0.25, 0.3) is 11.0 Å². The van der Waals surface area contributed by atoms with Crippen LogP contribution in [0.15, 0.2) is 47.0 Å². The van der Waals surface area contributed by atoms with E-state index in [2.05, 4.69) is 10.1 Å². The van der Waals surface area contributed by atoms with Crippen molar-refractivity contribution in [2.75, 3.05) is 26.2 Å². The zero-order valence-corrected chi connectivity index (χ0v) is 18.6. The van der Waals surface area contributed by atoms with Crippen molar-refractivity contribution in [1.29, 1.82) is 0 Å². The standard InChI is InChI=1S/C26H28FN3O3/c27-19-9-10-22-23(17-19)33-28-24(22)18-11-15-29(16-12-18)13-5-1-2-6-14-30-25(31)20-7-3-4-8-21(20)26(30)32/h3-4,7-10,17-18H,1-2,5-6,11-16H2. The number of carbonyl (C=O) groups is 2. The predicted molar refractivity (Wildman–Crippen MR) is 123 cm³/mol. The first-order chi connectivity index (χ1) is 16.1. The number of carbonyl (C=O) groups excluding carboxylic acids is 2. The minimum absolute atomic E-state index is 0.163. The number of nitrogens with zero attached hydrogens (tertiary/aromatic N) is 3. The van der Waals surface area contributed by atoms with Crippen molar-refractivity contribution in [3.8, 4) is 0 Å². The highest BCUT2D eigenvalue weighted by atomic mass is 19.1. The van der Waals surface area contributed by atoms with Crippen molar-refractivity contribution in [2.24, 2.45) is 0 Å². The van der Waals surface area contributed by atoms with Crippen LogP contribution in [0.1, 0.15) is 70.9 Å². The number of piperidine rings is 1. The molecule has 2 aromatic carbocycles. The molecule has 0 bridgehead atoms. The van der Waals surface area contributed by atoms with E-state index in [9.17, 15) is 14.0 Å². The Morgan fingerprint density at radius 1 is 0.909 bits per heavy atom. The van der Waals surface area contributed by atoms with Crippen LogP contribution in [-0.2, 0) is 0 Å². The molecule has 2 aliphatic heterocycles. The third-order valence-corrected chi connectivity index (χ3v) is 6.92. The summed E-state index contributed by atoms with van der Waals surface area (Å²) in [4.78, 5) is 28.7. The van der Waals surface area contributed by atoms with E-state index in [0.29, 0.717) is 29.2 Å². The molecule has 33 heavy (non-hydrogen) atoms. The van der Waals surface area contributed by atoms with Crippen molar-refractivity contribution >= 4 is 22.8 Å². The topological polar surface area (TPSA) is 66.7 Å². The maximum Gasteiger partial charge on any atom is 0.261 e. The quantitative estimate of drug-likeness (QED) is 0.358. The average Bonchev–Trinajstić information content (AvgIpc) is 3.36. The Morgan fingerprint density at radius 2 is 1.58 bits per heavy atom. The Kier molecular flexibility index (Phi) is 6.22. The van der Waals surface area contributed by atoms with Crippen LogP contribution in [0.2, 0.25) is 0 Å². The number of benzene rings is 2. The Labute approximate surface area is 192 Å². The van der Waals surface area contributed by atoms with E-state index in [1.165, 1.54) is 17.0 Å². The summed E-state index contributed by atoms with van der Waals surface area (Å²) in [5.41, 5.74) is 2.53. The van der Waals surface area contributed by atoms with Gasteiger partial charge < -0.3 is 9.42 Å². The summed E-state index contributed by atoms with van der Waals surface area (Å²) in [7, 11) is 0. The van der Waals surface area contributed by atoms with Gasteiger partial charge in [-0.2, -0.15) is 0 Å². The summed E-state index contributed by atoms with van der Waals surface area (Å²) in [6, 6.07) is 11.7. The van der Waals surface area contributed by atoms with Gasteiger partial charge in [0.2, 0.25) is 0 Å². The molecule has 7 heteroatoms. The van der Waals surface area contributed by atoms with Gasteiger partial charge in [0.1, 0.15) is 5.82 Å². The van der Waals surface area contributed by atoms with Gasteiger partial charge in [0.25, 0.3) is 11.8 Å².